The number of nitrogens with one attached hydrogen (secondary N) is 1. The molecule has 0 bridgehead atoms. The van der Waals surface area contributed by atoms with Gasteiger partial charge in [-0.2, -0.15) is 13.2 Å². The van der Waals surface area contributed by atoms with Crippen molar-refractivity contribution in [3.8, 4) is 11.5 Å². The fourth-order valence-corrected chi connectivity index (χ4v) is 1.36. The second kappa shape index (κ2) is 4.61. The summed E-state index contributed by atoms with van der Waals surface area (Å²) in [5, 5.41) is 21.0. The lowest BCUT2D eigenvalue weighted by molar-refractivity contribution is -0.126. The maximum atomic E-state index is 11.9. The zero-order valence-corrected chi connectivity index (χ0v) is 8.54. The third-order valence-electron chi connectivity index (χ3n) is 2.10. The van der Waals surface area contributed by atoms with Crippen molar-refractivity contribution in [3.63, 3.8) is 0 Å². The molecule has 1 unspecified atom stereocenters. The standard InChI is InChI=1S/C10H12F3NO2/c1-6(14-5-10(11,12)13)9-7(15)3-2-4-8(9)16/h2-4,6,14-16H,5H2,1H3. The van der Waals surface area contributed by atoms with Crippen molar-refractivity contribution in [3.05, 3.63) is 23.8 Å². The number of phenols is 2. The van der Waals surface area contributed by atoms with E-state index in [1.165, 1.54) is 25.1 Å². The molecule has 3 nitrogen and oxygen atoms in total. The summed E-state index contributed by atoms with van der Waals surface area (Å²) in [5.41, 5.74) is 0.0618. The third kappa shape index (κ3) is 3.30. The fourth-order valence-electron chi connectivity index (χ4n) is 1.36. The van der Waals surface area contributed by atoms with Crippen molar-refractivity contribution < 1.29 is 23.4 Å². The van der Waals surface area contributed by atoms with Crippen molar-refractivity contribution >= 4 is 0 Å². The van der Waals surface area contributed by atoms with Gasteiger partial charge in [-0.05, 0) is 19.1 Å². The maximum Gasteiger partial charge on any atom is 0.401 e. The van der Waals surface area contributed by atoms with Gasteiger partial charge in [-0.25, -0.2) is 0 Å². The monoisotopic (exact) mass is 235 g/mol. The second-order valence-corrected chi connectivity index (χ2v) is 3.43. The first-order valence-electron chi connectivity index (χ1n) is 4.62. The molecular formula is C10H12F3NO2. The van der Waals surface area contributed by atoms with Crippen LogP contribution in [0.25, 0.3) is 0 Å². The number of hydrogen-bond acceptors (Lipinski definition) is 3. The molecule has 1 atom stereocenters. The van der Waals surface area contributed by atoms with Crippen LogP contribution in [-0.2, 0) is 0 Å². The molecule has 0 saturated heterocycles. The first kappa shape index (κ1) is 12.6. The molecule has 0 saturated carbocycles. The van der Waals surface area contributed by atoms with Gasteiger partial charge in [0.1, 0.15) is 11.5 Å². The van der Waals surface area contributed by atoms with Crippen LogP contribution in [-0.4, -0.2) is 22.9 Å². The number of benzene rings is 1. The van der Waals surface area contributed by atoms with E-state index < -0.39 is 18.8 Å². The average Bonchev–Trinajstić information content (AvgIpc) is 2.13. The van der Waals surface area contributed by atoms with Crippen LogP contribution in [0.5, 0.6) is 11.5 Å². The van der Waals surface area contributed by atoms with E-state index in [9.17, 15) is 23.4 Å². The van der Waals surface area contributed by atoms with Gasteiger partial charge in [0.05, 0.1) is 12.1 Å². The molecule has 0 aliphatic carbocycles. The summed E-state index contributed by atoms with van der Waals surface area (Å²) in [5.74, 6) is -0.468. The van der Waals surface area contributed by atoms with Crippen LogP contribution in [0.2, 0.25) is 0 Å². The van der Waals surface area contributed by atoms with E-state index in [1.54, 1.807) is 0 Å². The summed E-state index contributed by atoms with van der Waals surface area (Å²) >= 11 is 0. The molecule has 0 heterocycles. The van der Waals surface area contributed by atoms with Crippen LogP contribution in [0.3, 0.4) is 0 Å². The molecule has 0 radical (unpaired) electrons. The van der Waals surface area contributed by atoms with Gasteiger partial charge in [-0.1, -0.05) is 6.07 Å². The van der Waals surface area contributed by atoms with Gasteiger partial charge >= 0.3 is 6.18 Å². The minimum Gasteiger partial charge on any atom is -0.507 e. The van der Waals surface area contributed by atoms with E-state index >= 15 is 0 Å². The van der Waals surface area contributed by atoms with Crippen molar-refractivity contribution in [2.45, 2.75) is 19.1 Å². The Bertz CT molecular complexity index is 345. The molecule has 0 aliphatic rings. The first-order valence-corrected chi connectivity index (χ1v) is 4.62. The van der Waals surface area contributed by atoms with Gasteiger partial charge in [0.2, 0.25) is 0 Å². The Morgan fingerprint density at radius 2 is 1.75 bits per heavy atom. The molecule has 6 heteroatoms. The highest BCUT2D eigenvalue weighted by Crippen LogP contribution is 2.32. The van der Waals surface area contributed by atoms with Gasteiger partial charge in [0.15, 0.2) is 0 Å². The van der Waals surface area contributed by atoms with Gasteiger partial charge in [-0.15, -0.1) is 0 Å². The minimum atomic E-state index is -4.33. The average molecular weight is 235 g/mol. The Hall–Kier alpha value is -1.43. The summed E-state index contributed by atoms with van der Waals surface area (Å²) in [7, 11) is 0. The topological polar surface area (TPSA) is 52.5 Å². The Kier molecular flexibility index (Phi) is 3.64. The molecule has 0 amide bonds. The van der Waals surface area contributed by atoms with Crippen LogP contribution in [0.1, 0.15) is 18.5 Å². The smallest absolute Gasteiger partial charge is 0.401 e. The molecule has 16 heavy (non-hydrogen) atoms. The number of alkyl halides is 3. The van der Waals surface area contributed by atoms with Gasteiger partial charge in [-0.3, -0.25) is 0 Å². The van der Waals surface area contributed by atoms with Crippen LogP contribution in [0.4, 0.5) is 13.2 Å². The molecule has 0 fully saturated rings. The van der Waals surface area contributed by atoms with E-state index in [-0.39, 0.29) is 17.1 Å². The molecule has 3 N–H and O–H groups in total. The third-order valence-corrected chi connectivity index (χ3v) is 2.10. The predicted octanol–water partition coefficient (Wildman–Crippen LogP) is 2.31. The lowest BCUT2D eigenvalue weighted by atomic mass is 10.1. The van der Waals surface area contributed by atoms with Gasteiger partial charge in [0.25, 0.3) is 0 Å². The fraction of sp³-hybridized carbons (Fsp3) is 0.400. The van der Waals surface area contributed by atoms with E-state index in [2.05, 4.69) is 5.32 Å². The van der Waals surface area contributed by atoms with Crippen molar-refractivity contribution in [2.24, 2.45) is 0 Å². The minimum absolute atomic E-state index is 0.0618. The Labute approximate surface area is 90.5 Å². The Balaban J connectivity index is 2.77. The number of phenolic OH excluding ortho intramolecular Hbond substituents is 2. The van der Waals surface area contributed by atoms with E-state index in [4.69, 9.17) is 0 Å². The molecular weight excluding hydrogens is 223 g/mol. The highest BCUT2D eigenvalue weighted by Gasteiger charge is 2.28. The second-order valence-electron chi connectivity index (χ2n) is 3.43. The first-order chi connectivity index (χ1) is 7.31. The molecule has 1 rings (SSSR count). The predicted molar refractivity (Wildman–Crippen MR) is 52.2 cm³/mol. The zero-order valence-electron chi connectivity index (χ0n) is 8.54. The lowest BCUT2D eigenvalue weighted by Crippen LogP contribution is -2.30. The number of hydrogen-bond donors (Lipinski definition) is 3. The van der Waals surface area contributed by atoms with Gasteiger partial charge < -0.3 is 15.5 Å². The quantitative estimate of drug-likeness (QED) is 0.753. The maximum absolute atomic E-state index is 11.9. The van der Waals surface area contributed by atoms with Crippen molar-refractivity contribution in [1.29, 1.82) is 0 Å². The van der Waals surface area contributed by atoms with Crippen LogP contribution >= 0.6 is 0 Å². The largest absolute Gasteiger partial charge is 0.507 e. The molecule has 0 aliphatic heterocycles. The lowest BCUT2D eigenvalue weighted by Gasteiger charge is -2.17. The zero-order chi connectivity index (χ0) is 12.3. The Morgan fingerprint density at radius 1 is 1.25 bits per heavy atom. The number of halogens is 3. The van der Waals surface area contributed by atoms with E-state index in [0.717, 1.165) is 0 Å². The van der Waals surface area contributed by atoms with Crippen molar-refractivity contribution in [2.75, 3.05) is 6.54 Å². The summed E-state index contributed by atoms with van der Waals surface area (Å²) < 4.78 is 35.8. The molecule has 1 aromatic rings. The molecule has 0 aromatic heterocycles. The highest BCUT2D eigenvalue weighted by atomic mass is 19.4. The summed E-state index contributed by atoms with van der Waals surface area (Å²) in [6.07, 6.45) is -4.33. The summed E-state index contributed by atoms with van der Waals surface area (Å²) in [6, 6.07) is 3.23. The molecule has 90 valence electrons. The van der Waals surface area contributed by atoms with Crippen molar-refractivity contribution in [1.82, 2.24) is 5.32 Å². The summed E-state index contributed by atoms with van der Waals surface area (Å²) in [4.78, 5) is 0. The van der Waals surface area contributed by atoms with Crippen LogP contribution < -0.4 is 5.32 Å². The number of rotatable bonds is 3. The summed E-state index contributed by atoms with van der Waals surface area (Å²) in [6.45, 7) is 0.252. The Morgan fingerprint density at radius 3 is 2.19 bits per heavy atom. The number of aromatic hydroxyl groups is 2. The van der Waals surface area contributed by atoms with Gasteiger partial charge in [0, 0.05) is 6.04 Å². The van der Waals surface area contributed by atoms with E-state index in [0.29, 0.717) is 0 Å². The van der Waals surface area contributed by atoms with E-state index in [1.807, 2.05) is 0 Å². The highest BCUT2D eigenvalue weighted by molar-refractivity contribution is 5.44. The van der Waals surface area contributed by atoms with Crippen LogP contribution in [0.15, 0.2) is 18.2 Å². The normalized spacial score (nSPS) is 13.8. The SMILES string of the molecule is CC(NCC(F)(F)F)c1c(O)cccc1O. The molecule has 1 aromatic carbocycles. The van der Waals surface area contributed by atoms with Crippen LogP contribution in [0, 0.1) is 0 Å². The molecule has 0 spiro atoms.